The molecule has 18 heavy (non-hydrogen) atoms. The summed E-state index contributed by atoms with van der Waals surface area (Å²) in [5.41, 5.74) is 7.74. The van der Waals surface area contributed by atoms with Crippen LogP contribution >= 0.6 is 15.9 Å². The lowest BCUT2D eigenvalue weighted by Crippen LogP contribution is -2.33. The molecule has 0 aliphatic heterocycles. The maximum absolute atomic E-state index is 6.11. The number of pyridine rings is 1. The van der Waals surface area contributed by atoms with E-state index in [0.717, 1.165) is 17.4 Å². The summed E-state index contributed by atoms with van der Waals surface area (Å²) in [6.45, 7) is 0.805. The highest BCUT2D eigenvalue weighted by Crippen LogP contribution is 2.36. The Labute approximate surface area is 119 Å². The first-order valence-corrected chi connectivity index (χ1v) is 7.83. The van der Waals surface area contributed by atoms with Crippen LogP contribution in [0.2, 0.25) is 0 Å². The fourth-order valence-electron chi connectivity index (χ4n) is 3.09. The van der Waals surface area contributed by atoms with Crippen molar-refractivity contribution in [3.63, 3.8) is 0 Å². The molecule has 0 saturated heterocycles. The third kappa shape index (κ3) is 3.79. The second-order valence-corrected chi connectivity index (χ2v) is 6.58. The molecule has 2 N–H and O–H groups in total. The Balaban J connectivity index is 2.10. The van der Waals surface area contributed by atoms with Crippen molar-refractivity contribution < 1.29 is 0 Å². The van der Waals surface area contributed by atoms with Gasteiger partial charge in [-0.15, -0.1) is 0 Å². The predicted molar refractivity (Wildman–Crippen MR) is 79.4 cm³/mol. The Morgan fingerprint density at radius 3 is 2.39 bits per heavy atom. The second kappa shape index (κ2) is 6.67. The van der Waals surface area contributed by atoms with Crippen molar-refractivity contribution in [2.75, 3.05) is 6.54 Å². The van der Waals surface area contributed by atoms with E-state index in [1.165, 1.54) is 50.5 Å². The first-order valence-electron chi connectivity index (χ1n) is 7.04. The van der Waals surface area contributed by atoms with Gasteiger partial charge in [-0.3, -0.25) is 4.98 Å². The lowest BCUT2D eigenvalue weighted by Gasteiger charge is -2.34. The van der Waals surface area contributed by atoms with E-state index in [2.05, 4.69) is 27.0 Å². The summed E-state index contributed by atoms with van der Waals surface area (Å²) in [5, 5.41) is 0. The van der Waals surface area contributed by atoms with Gasteiger partial charge < -0.3 is 5.73 Å². The fourth-order valence-corrected chi connectivity index (χ4v) is 3.51. The first-order chi connectivity index (χ1) is 8.74. The van der Waals surface area contributed by atoms with Crippen LogP contribution in [0.25, 0.3) is 0 Å². The van der Waals surface area contributed by atoms with Crippen LogP contribution in [0.15, 0.2) is 22.9 Å². The van der Waals surface area contributed by atoms with Gasteiger partial charge in [-0.05, 0) is 58.8 Å². The zero-order chi connectivity index (χ0) is 12.8. The summed E-state index contributed by atoms with van der Waals surface area (Å²) in [6.07, 6.45) is 14.3. The Kier molecular flexibility index (Phi) is 5.19. The van der Waals surface area contributed by atoms with E-state index < -0.39 is 0 Å². The summed E-state index contributed by atoms with van der Waals surface area (Å²) in [7, 11) is 0. The molecule has 2 nitrogen and oxygen atoms in total. The molecule has 0 atom stereocenters. The molecule has 1 aromatic heterocycles. The van der Waals surface area contributed by atoms with Crippen LogP contribution in [0.5, 0.6) is 0 Å². The van der Waals surface area contributed by atoms with E-state index >= 15 is 0 Å². The number of aromatic nitrogens is 1. The predicted octanol–water partition coefficient (Wildman–Crippen LogP) is 4.08. The first kappa shape index (κ1) is 14.0. The topological polar surface area (TPSA) is 38.9 Å². The monoisotopic (exact) mass is 310 g/mol. The summed E-state index contributed by atoms with van der Waals surface area (Å²) < 4.78 is 1.07. The molecule has 1 aliphatic carbocycles. The Morgan fingerprint density at radius 1 is 1.11 bits per heavy atom. The van der Waals surface area contributed by atoms with Crippen LogP contribution in [-0.4, -0.2) is 11.5 Å². The maximum Gasteiger partial charge on any atom is 0.0410 e. The van der Waals surface area contributed by atoms with Gasteiger partial charge in [-0.2, -0.15) is 0 Å². The fraction of sp³-hybridized carbons (Fsp3) is 0.667. The molecule has 0 radical (unpaired) electrons. The summed E-state index contributed by atoms with van der Waals surface area (Å²) in [6, 6.07) is 2.18. The summed E-state index contributed by atoms with van der Waals surface area (Å²) >= 11 is 3.50. The Morgan fingerprint density at radius 2 is 1.78 bits per heavy atom. The van der Waals surface area contributed by atoms with Gasteiger partial charge in [-0.25, -0.2) is 0 Å². The van der Waals surface area contributed by atoms with Gasteiger partial charge in [0.1, 0.15) is 0 Å². The summed E-state index contributed by atoms with van der Waals surface area (Å²) in [4.78, 5) is 4.27. The van der Waals surface area contributed by atoms with Crippen molar-refractivity contribution in [1.29, 1.82) is 0 Å². The number of nitrogens with two attached hydrogens (primary N) is 1. The third-order valence-electron chi connectivity index (χ3n) is 4.19. The molecular formula is C15H23BrN2. The van der Waals surface area contributed by atoms with Gasteiger partial charge in [0.05, 0.1) is 0 Å². The van der Waals surface area contributed by atoms with E-state index in [4.69, 9.17) is 5.73 Å². The number of nitrogens with zero attached hydrogens (tertiary/aromatic N) is 1. The van der Waals surface area contributed by atoms with Crippen LogP contribution < -0.4 is 5.73 Å². The molecule has 0 aromatic carbocycles. The molecule has 0 bridgehead atoms. The molecule has 100 valence electrons. The smallest absolute Gasteiger partial charge is 0.0410 e. The highest BCUT2D eigenvalue weighted by molar-refractivity contribution is 9.10. The van der Waals surface area contributed by atoms with Crippen LogP contribution in [-0.2, 0) is 6.42 Å². The molecule has 0 spiro atoms. The largest absolute Gasteiger partial charge is 0.330 e. The highest BCUT2D eigenvalue weighted by Gasteiger charge is 2.29. The van der Waals surface area contributed by atoms with E-state index in [1.807, 2.05) is 12.4 Å². The minimum Gasteiger partial charge on any atom is -0.330 e. The minimum absolute atomic E-state index is 0.308. The minimum atomic E-state index is 0.308. The molecule has 1 saturated carbocycles. The number of halogens is 1. The van der Waals surface area contributed by atoms with Gasteiger partial charge in [-0.1, -0.05) is 32.1 Å². The molecular weight excluding hydrogens is 288 g/mol. The van der Waals surface area contributed by atoms with Crippen LogP contribution in [0.4, 0.5) is 0 Å². The number of hydrogen-bond acceptors (Lipinski definition) is 2. The molecule has 1 aromatic rings. The Bertz CT molecular complexity index is 371. The van der Waals surface area contributed by atoms with Crippen LogP contribution in [0.1, 0.15) is 50.5 Å². The van der Waals surface area contributed by atoms with Gasteiger partial charge >= 0.3 is 0 Å². The molecule has 1 fully saturated rings. The quantitative estimate of drug-likeness (QED) is 0.913. The van der Waals surface area contributed by atoms with E-state index in [0.29, 0.717) is 5.41 Å². The standard InChI is InChI=1S/C15H23BrN2/c16-14-8-13(10-18-11-14)9-15(12-17)6-4-2-1-3-5-7-15/h8,10-11H,1-7,9,12,17H2. The molecule has 3 heteroatoms. The van der Waals surface area contributed by atoms with Crippen molar-refractivity contribution in [2.45, 2.75) is 51.4 Å². The van der Waals surface area contributed by atoms with E-state index in [9.17, 15) is 0 Å². The molecule has 0 amide bonds. The van der Waals surface area contributed by atoms with Crippen molar-refractivity contribution in [1.82, 2.24) is 4.98 Å². The van der Waals surface area contributed by atoms with Crippen LogP contribution in [0, 0.1) is 5.41 Å². The summed E-state index contributed by atoms with van der Waals surface area (Å²) in [5.74, 6) is 0. The van der Waals surface area contributed by atoms with Gasteiger partial charge in [0.15, 0.2) is 0 Å². The van der Waals surface area contributed by atoms with Crippen molar-refractivity contribution in [3.05, 3.63) is 28.5 Å². The Hall–Kier alpha value is -0.410. The zero-order valence-corrected chi connectivity index (χ0v) is 12.6. The number of rotatable bonds is 3. The maximum atomic E-state index is 6.11. The zero-order valence-electron chi connectivity index (χ0n) is 11.0. The highest BCUT2D eigenvalue weighted by atomic mass is 79.9. The van der Waals surface area contributed by atoms with Gasteiger partial charge in [0.2, 0.25) is 0 Å². The second-order valence-electron chi connectivity index (χ2n) is 5.66. The normalized spacial score (nSPS) is 20.1. The lowest BCUT2D eigenvalue weighted by atomic mass is 9.72. The van der Waals surface area contributed by atoms with Crippen molar-refractivity contribution >= 4 is 15.9 Å². The van der Waals surface area contributed by atoms with Gasteiger partial charge in [0.25, 0.3) is 0 Å². The molecule has 0 unspecified atom stereocenters. The SMILES string of the molecule is NCC1(Cc2cncc(Br)c2)CCCCCCC1. The third-order valence-corrected chi connectivity index (χ3v) is 4.62. The van der Waals surface area contributed by atoms with Crippen molar-refractivity contribution in [3.8, 4) is 0 Å². The van der Waals surface area contributed by atoms with Crippen molar-refractivity contribution in [2.24, 2.45) is 11.1 Å². The molecule has 1 heterocycles. The van der Waals surface area contributed by atoms with Gasteiger partial charge in [0, 0.05) is 16.9 Å². The van der Waals surface area contributed by atoms with E-state index in [1.54, 1.807) is 0 Å². The van der Waals surface area contributed by atoms with Crippen LogP contribution in [0.3, 0.4) is 0 Å². The lowest BCUT2D eigenvalue weighted by molar-refractivity contribution is 0.217. The molecule has 1 aliphatic rings. The van der Waals surface area contributed by atoms with E-state index in [-0.39, 0.29) is 0 Å². The average Bonchev–Trinajstić information content (AvgIpc) is 2.33. The molecule has 2 rings (SSSR count). The number of hydrogen-bond donors (Lipinski definition) is 1. The average molecular weight is 311 g/mol.